The van der Waals surface area contributed by atoms with Crippen molar-refractivity contribution in [2.75, 3.05) is 14.2 Å². The zero-order valence-electron chi connectivity index (χ0n) is 34.5. The van der Waals surface area contributed by atoms with Crippen molar-refractivity contribution in [1.29, 1.82) is 0 Å². The second kappa shape index (κ2) is 20.4. The highest BCUT2D eigenvalue weighted by Crippen LogP contribution is 2.37. The van der Waals surface area contributed by atoms with E-state index >= 15 is 0 Å². The molecule has 0 unspecified atom stereocenters. The Kier molecular flexibility index (Phi) is 14.8. The van der Waals surface area contributed by atoms with E-state index in [1.54, 1.807) is 18.2 Å². The van der Waals surface area contributed by atoms with Gasteiger partial charge in [-0.3, -0.25) is 14.4 Å². The van der Waals surface area contributed by atoms with Crippen LogP contribution in [0.5, 0.6) is 0 Å². The number of aliphatic hydroxyl groups is 1. The van der Waals surface area contributed by atoms with Crippen LogP contribution in [0.4, 0.5) is 0 Å². The number of methoxy groups -OCH3 is 1. The molecule has 4 aromatic rings. The van der Waals surface area contributed by atoms with Gasteiger partial charge in [-0.2, -0.15) is 0 Å². The number of hydrogen-bond acceptors (Lipinski definition) is 14. The summed E-state index contributed by atoms with van der Waals surface area (Å²) in [6, 6.07) is 12.6. The highest BCUT2D eigenvalue weighted by atomic mass is 16.6. The highest BCUT2D eigenvalue weighted by molar-refractivity contribution is 6.29. The minimum absolute atomic E-state index is 0.0797. The van der Waals surface area contributed by atoms with Crippen LogP contribution in [-0.2, 0) is 30.3 Å². The monoisotopic (exact) mass is 851 g/mol. The molecule has 16 nitrogen and oxygen atoms in total. The molecule has 4 aromatic carbocycles. The van der Waals surface area contributed by atoms with Crippen LogP contribution in [0, 0.1) is 0 Å². The van der Waals surface area contributed by atoms with Crippen molar-refractivity contribution in [3.05, 3.63) is 93.0 Å². The highest BCUT2D eigenvalue weighted by Gasteiger charge is 2.35. The normalized spacial score (nSPS) is 16.8. The second-order valence-electron chi connectivity index (χ2n) is 15.5. The largest absolute Gasteiger partial charge is 0.465 e. The van der Waals surface area contributed by atoms with Gasteiger partial charge >= 0.3 is 29.8 Å². The zero-order valence-corrected chi connectivity index (χ0v) is 34.5. The molecule has 62 heavy (non-hydrogen) atoms. The van der Waals surface area contributed by atoms with Crippen molar-refractivity contribution in [2.24, 2.45) is 5.73 Å². The Balaban J connectivity index is 0.000000191. The topological polar surface area (TPSA) is 244 Å². The predicted octanol–water partition coefficient (Wildman–Crippen LogP) is 5.60. The smallest absolute Gasteiger partial charge is 0.346 e. The van der Waals surface area contributed by atoms with Gasteiger partial charge < -0.3 is 40.4 Å². The summed E-state index contributed by atoms with van der Waals surface area (Å²) in [7, 11) is 2.27. The third-order valence-electron chi connectivity index (χ3n) is 11.6. The van der Waals surface area contributed by atoms with Gasteiger partial charge in [0.1, 0.15) is 6.61 Å². The van der Waals surface area contributed by atoms with Crippen LogP contribution in [0.15, 0.2) is 48.5 Å². The average Bonchev–Trinajstić information content (AvgIpc) is 4.10. The quantitative estimate of drug-likeness (QED) is 0.0730. The summed E-state index contributed by atoms with van der Waals surface area (Å²) in [5.41, 5.74) is 7.48. The van der Waals surface area contributed by atoms with Crippen molar-refractivity contribution in [3.8, 4) is 0 Å². The minimum Gasteiger partial charge on any atom is -0.465 e. The number of ether oxygens (including phenoxy) is 4. The summed E-state index contributed by atoms with van der Waals surface area (Å²) in [6.45, 7) is 0.230. The maximum atomic E-state index is 13.3. The lowest BCUT2D eigenvalue weighted by Gasteiger charge is -2.21. The van der Waals surface area contributed by atoms with Crippen LogP contribution in [0.2, 0.25) is 0 Å². The van der Waals surface area contributed by atoms with Crippen LogP contribution < -0.4 is 16.4 Å². The number of esters is 5. The van der Waals surface area contributed by atoms with E-state index in [-0.39, 0.29) is 74.7 Å². The zero-order chi connectivity index (χ0) is 44.5. The molecule has 0 saturated heterocycles. The first-order chi connectivity index (χ1) is 30.0. The lowest BCUT2D eigenvalue weighted by atomic mass is 9.89. The number of rotatable bonds is 8. The molecule has 0 aromatic heterocycles. The Morgan fingerprint density at radius 2 is 1.00 bits per heavy atom. The van der Waals surface area contributed by atoms with E-state index in [4.69, 9.17) is 20.3 Å². The molecular weight excluding hydrogens is 803 g/mol. The van der Waals surface area contributed by atoms with Crippen molar-refractivity contribution >= 4 is 69.7 Å². The number of cyclic esters (lactones) is 4. The summed E-state index contributed by atoms with van der Waals surface area (Å²) in [4.78, 5) is 97.1. The predicted molar refractivity (Wildman–Crippen MR) is 224 cm³/mol. The van der Waals surface area contributed by atoms with Gasteiger partial charge in [0.15, 0.2) is 0 Å². The Bertz CT molecular complexity index is 2290. The third-order valence-corrected chi connectivity index (χ3v) is 11.6. The maximum absolute atomic E-state index is 13.3. The lowest BCUT2D eigenvalue weighted by Crippen LogP contribution is -2.34. The molecule has 0 bridgehead atoms. The van der Waals surface area contributed by atoms with Gasteiger partial charge in [0.05, 0.1) is 34.9 Å². The van der Waals surface area contributed by atoms with Gasteiger partial charge in [-0.05, 0) is 86.6 Å². The first kappa shape index (κ1) is 45.0. The first-order valence-electron chi connectivity index (χ1n) is 20.7. The SMILES string of the molecule is CO.COC(=O)c1ccc(C(=O)NC2CCCC2)c2c(COC=O)ccc(C(=O)NC3CCCC3)c12.NC1CCCC1.O=C1OC(=O)c2ccc3c4c(ccc1c24)C(=O)OC3=O. The van der Waals surface area contributed by atoms with Crippen molar-refractivity contribution in [2.45, 2.75) is 102 Å². The van der Waals surface area contributed by atoms with Crippen molar-refractivity contribution < 1.29 is 62.4 Å². The van der Waals surface area contributed by atoms with E-state index in [0.29, 0.717) is 34.4 Å². The molecule has 0 radical (unpaired) electrons. The van der Waals surface area contributed by atoms with Gasteiger partial charge in [0, 0.05) is 57.9 Å². The van der Waals surface area contributed by atoms with Crippen molar-refractivity contribution in [3.63, 3.8) is 0 Å². The van der Waals surface area contributed by atoms with Crippen LogP contribution >= 0.6 is 0 Å². The standard InChI is InChI=1S/C26H30N2O6.C14H4O6.C5H11N.CH4O/c1-33-26(32)21-13-12-19(24(30)27-17-6-2-3-7-17)22-16(14-34-15-29)10-11-20(23(21)22)25(31)28-18-8-4-5-9-18;15-11-5-1-2-6-10-8(14(18)20-12(6)16)4-3-7(9(5)10)13(17)19-11;6-5-3-1-2-4-5;1-2/h10-13,15,17-18H,2-9,14H2,1H3,(H,27,30)(H,28,31);1-4H;5H,1-4,6H2;2H,1H3. The van der Waals surface area contributed by atoms with Gasteiger partial charge in [0.25, 0.3) is 18.3 Å². The van der Waals surface area contributed by atoms with Crippen LogP contribution in [0.3, 0.4) is 0 Å². The van der Waals surface area contributed by atoms with Gasteiger partial charge in [-0.15, -0.1) is 0 Å². The molecule has 9 rings (SSSR count). The fourth-order valence-electron chi connectivity index (χ4n) is 8.66. The van der Waals surface area contributed by atoms with E-state index in [0.717, 1.165) is 58.5 Å². The number of amides is 2. The molecule has 3 saturated carbocycles. The molecule has 2 aliphatic heterocycles. The molecule has 3 aliphatic carbocycles. The molecule has 16 heteroatoms. The summed E-state index contributed by atoms with van der Waals surface area (Å²) >= 11 is 0. The summed E-state index contributed by atoms with van der Waals surface area (Å²) in [5, 5.41) is 14.4. The number of hydrogen-bond donors (Lipinski definition) is 4. The number of carbonyl (C=O) groups excluding carboxylic acids is 8. The van der Waals surface area contributed by atoms with Gasteiger partial charge in [0.2, 0.25) is 0 Å². The lowest BCUT2D eigenvalue weighted by molar-refractivity contribution is -0.129. The maximum Gasteiger partial charge on any atom is 0.346 e. The molecule has 0 atom stereocenters. The molecule has 2 amide bonds. The molecule has 326 valence electrons. The molecule has 3 fully saturated rings. The Labute approximate surface area is 356 Å². The van der Waals surface area contributed by atoms with E-state index < -0.39 is 29.8 Å². The molecule has 0 spiro atoms. The molecule has 2 heterocycles. The summed E-state index contributed by atoms with van der Waals surface area (Å²) < 4.78 is 19.2. The van der Waals surface area contributed by atoms with Crippen LogP contribution in [-0.4, -0.2) is 85.6 Å². The first-order valence-corrected chi connectivity index (χ1v) is 20.7. The van der Waals surface area contributed by atoms with E-state index in [9.17, 15) is 38.4 Å². The fourth-order valence-corrected chi connectivity index (χ4v) is 8.66. The fraction of sp³-hybridized carbons (Fsp3) is 0.391. The number of benzene rings is 4. The number of nitrogens with one attached hydrogen (secondary N) is 2. The number of aliphatic hydroxyl groups excluding tert-OH is 1. The van der Waals surface area contributed by atoms with E-state index in [2.05, 4.69) is 20.1 Å². The van der Waals surface area contributed by atoms with Crippen molar-refractivity contribution in [1.82, 2.24) is 10.6 Å². The number of carbonyl (C=O) groups is 8. The Morgan fingerprint density at radius 3 is 1.39 bits per heavy atom. The Hall–Kier alpha value is -6.52. The molecule has 5 N–H and O–H groups in total. The molecular formula is C46H49N3O13. The number of fused-ring (bicyclic) bond motifs is 1. The third kappa shape index (κ3) is 9.51. The second-order valence-corrected chi connectivity index (χ2v) is 15.5. The minimum atomic E-state index is -0.794. The Morgan fingerprint density at radius 1 is 0.613 bits per heavy atom. The van der Waals surface area contributed by atoms with Gasteiger partial charge in [-0.1, -0.05) is 44.6 Å². The molecule has 5 aliphatic rings. The van der Waals surface area contributed by atoms with E-state index in [1.807, 2.05) is 0 Å². The number of nitrogens with two attached hydrogens (primary N) is 1. The van der Waals surface area contributed by atoms with Crippen LogP contribution in [0.1, 0.15) is 155 Å². The van der Waals surface area contributed by atoms with Gasteiger partial charge in [-0.25, -0.2) is 24.0 Å². The summed E-state index contributed by atoms with van der Waals surface area (Å²) in [5.74, 6) is -4.38. The average molecular weight is 852 g/mol. The van der Waals surface area contributed by atoms with E-state index in [1.165, 1.54) is 63.1 Å². The summed E-state index contributed by atoms with van der Waals surface area (Å²) in [6.07, 6.45) is 13.2. The van der Waals surface area contributed by atoms with Crippen LogP contribution in [0.25, 0.3) is 21.5 Å².